The van der Waals surface area contributed by atoms with Gasteiger partial charge in [-0.1, -0.05) is 60.7 Å². The monoisotopic (exact) mass is 358 g/mol. The van der Waals surface area contributed by atoms with Crippen molar-refractivity contribution in [3.63, 3.8) is 0 Å². The van der Waals surface area contributed by atoms with Gasteiger partial charge in [0.25, 0.3) is 0 Å². The Morgan fingerprint density at radius 3 is 2.36 bits per heavy atom. The lowest BCUT2D eigenvalue weighted by molar-refractivity contribution is -0.132. The molecular weight excluding hydrogens is 332 g/mol. The maximum absolute atomic E-state index is 12.8. The van der Waals surface area contributed by atoms with E-state index >= 15 is 0 Å². The number of piperidine rings is 1. The van der Waals surface area contributed by atoms with Crippen LogP contribution in [0.3, 0.4) is 0 Å². The van der Waals surface area contributed by atoms with Crippen LogP contribution in [0.25, 0.3) is 0 Å². The van der Waals surface area contributed by atoms with Crippen molar-refractivity contribution in [3.8, 4) is 0 Å². The molecule has 0 spiro atoms. The Labute approximate surface area is 156 Å². The minimum atomic E-state index is 0. The topological polar surface area (TPSA) is 46.3 Å². The van der Waals surface area contributed by atoms with E-state index in [1.165, 1.54) is 11.1 Å². The molecule has 3 rings (SSSR count). The second-order valence-electron chi connectivity index (χ2n) is 6.74. The van der Waals surface area contributed by atoms with Crippen molar-refractivity contribution in [2.24, 2.45) is 5.73 Å². The lowest BCUT2D eigenvalue weighted by Crippen LogP contribution is -2.46. The van der Waals surface area contributed by atoms with Gasteiger partial charge in [0, 0.05) is 25.6 Å². The van der Waals surface area contributed by atoms with Crippen LogP contribution in [0, 0.1) is 0 Å². The molecule has 1 amide bonds. The van der Waals surface area contributed by atoms with Gasteiger partial charge in [0.2, 0.25) is 5.91 Å². The minimum absolute atomic E-state index is 0. The fourth-order valence-electron chi connectivity index (χ4n) is 3.51. The van der Waals surface area contributed by atoms with E-state index in [0.717, 1.165) is 25.8 Å². The molecule has 0 bridgehead atoms. The van der Waals surface area contributed by atoms with Crippen LogP contribution in [-0.4, -0.2) is 29.9 Å². The first-order chi connectivity index (χ1) is 11.7. The summed E-state index contributed by atoms with van der Waals surface area (Å²) in [5.74, 6) is 0.439. The SMILES string of the molecule is Cl.NC1CCCN(C(=O)CC(Cc2ccccc2)c2ccccc2)C1. The molecule has 1 heterocycles. The Morgan fingerprint density at radius 1 is 1.08 bits per heavy atom. The summed E-state index contributed by atoms with van der Waals surface area (Å²) in [5.41, 5.74) is 8.54. The molecule has 0 radical (unpaired) electrons. The summed E-state index contributed by atoms with van der Waals surface area (Å²) in [6.07, 6.45) is 3.47. The summed E-state index contributed by atoms with van der Waals surface area (Å²) < 4.78 is 0. The number of hydrogen-bond acceptors (Lipinski definition) is 2. The van der Waals surface area contributed by atoms with Crippen LogP contribution >= 0.6 is 12.4 Å². The zero-order valence-corrected chi connectivity index (χ0v) is 15.3. The molecule has 2 unspecified atom stereocenters. The van der Waals surface area contributed by atoms with Crippen molar-refractivity contribution in [2.75, 3.05) is 13.1 Å². The van der Waals surface area contributed by atoms with Crippen molar-refractivity contribution >= 4 is 18.3 Å². The maximum Gasteiger partial charge on any atom is 0.223 e. The highest BCUT2D eigenvalue weighted by molar-refractivity contribution is 5.85. The second-order valence-corrected chi connectivity index (χ2v) is 6.74. The largest absolute Gasteiger partial charge is 0.341 e. The lowest BCUT2D eigenvalue weighted by Gasteiger charge is -2.32. The van der Waals surface area contributed by atoms with Gasteiger partial charge in [0.1, 0.15) is 0 Å². The quantitative estimate of drug-likeness (QED) is 0.884. The van der Waals surface area contributed by atoms with E-state index in [1.54, 1.807) is 0 Å². The van der Waals surface area contributed by atoms with E-state index in [0.29, 0.717) is 13.0 Å². The fourth-order valence-corrected chi connectivity index (χ4v) is 3.51. The standard InChI is InChI=1S/C21H26N2O.ClH/c22-20-12-7-13-23(16-20)21(24)15-19(18-10-5-2-6-11-18)14-17-8-3-1-4-9-17;/h1-6,8-11,19-20H,7,12-16,22H2;1H. The number of benzene rings is 2. The molecular formula is C21H27ClN2O. The maximum atomic E-state index is 12.8. The highest BCUT2D eigenvalue weighted by Gasteiger charge is 2.24. The van der Waals surface area contributed by atoms with Crippen molar-refractivity contribution in [1.29, 1.82) is 0 Å². The summed E-state index contributed by atoms with van der Waals surface area (Å²) in [7, 11) is 0. The zero-order chi connectivity index (χ0) is 16.8. The van der Waals surface area contributed by atoms with Crippen LogP contribution in [0.2, 0.25) is 0 Å². The molecule has 1 aliphatic rings. The first-order valence-electron chi connectivity index (χ1n) is 8.84. The van der Waals surface area contributed by atoms with Gasteiger partial charge in [0.15, 0.2) is 0 Å². The predicted octanol–water partition coefficient (Wildman–Crippen LogP) is 3.77. The lowest BCUT2D eigenvalue weighted by atomic mass is 9.88. The highest BCUT2D eigenvalue weighted by atomic mass is 35.5. The Morgan fingerprint density at radius 2 is 1.72 bits per heavy atom. The minimum Gasteiger partial charge on any atom is -0.341 e. The molecule has 0 saturated carbocycles. The first kappa shape index (κ1) is 19.5. The Balaban J connectivity index is 0.00000225. The van der Waals surface area contributed by atoms with E-state index < -0.39 is 0 Å². The second kappa shape index (κ2) is 9.59. The number of amides is 1. The van der Waals surface area contributed by atoms with Crippen molar-refractivity contribution in [3.05, 3.63) is 71.8 Å². The van der Waals surface area contributed by atoms with Crippen LogP contribution in [-0.2, 0) is 11.2 Å². The summed E-state index contributed by atoms with van der Waals surface area (Å²) in [4.78, 5) is 14.7. The number of carbonyl (C=O) groups excluding carboxylic acids is 1. The van der Waals surface area contributed by atoms with Crippen LogP contribution in [0.15, 0.2) is 60.7 Å². The summed E-state index contributed by atoms with van der Waals surface area (Å²) in [6.45, 7) is 1.55. The van der Waals surface area contributed by atoms with E-state index in [2.05, 4.69) is 48.5 Å². The van der Waals surface area contributed by atoms with Crippen molar-refractivity contribution in [2.45, 2.75) is 37.6 Å². The van der Waals surface area contributed by atoms with Crippen LogP contribution in [0.4, 0.5) is 0 Å². The Kier molecular flexibility index (Phi) is 7.48. The Bertz CT molecular complexity index is 647. The number of carbonyl (C=O) groups is 1. The smallest absolute Gasteiger partial charge is 0.223 e. The highest BCUT2D eigenvalue weighted by Crippen LogP contribution is 2.26. The zero-order valence-electron chi connectivity index (χ0n) is 14.5. The van der Waals surface area contributed by atoms with Crippen molar-refractivity contribution in [1.82, 2.24) is 4.90 Å². The van der Waals surface area contributed by atoms with E-state index in [9.17, 15) is 4.79 Å². The fraction of sp³-hybridized carbons (Fsp3) is 0.381. The van der Waals surface area contributed by atoms with Gasteiger partial charge in [-0.25, -0.2) is 0 Å². The van der Waals surface area contributed by atoms with Gasteiger partial charge in [-0.05, 0) is 36.3 Å². The van der Waals surface area contributed by atoms with Crippen LogP contribution in [0.1, 0.15) is 36.3 Å². The molecule has 4 heteroatoms. The molecule has 0 aromatic heterocycles. The van der Waals surface area contributed by atoms with Crippen LogP contribution < -0.4 is 5.73 Å². The van der Waals surface area contributed by atoms with Gasteiger partial charge in [-0.15, -0.1) is 12.4 Å². The van der Waals surface area contributed by atoms with Gasteiger partial charge in [-0.2, -0.15) is 0 Å². The summed E-state index contributed by atoms with van der Waals surface area (Å²) in [6, 6.07) is 20.9. The summed E-state index contributed by atoms with van der Waals surface area (Å²) >= 11 is 0. The molecule has 25 heavy (non-hydrogen) atoms. The third-order valence-corrected chi connectivity index (χ3v) is 4.83. The molecule has 1 saturated heterocycles. The Hall–Kier alpha value is -1.84. The van der Waals surface area contributed by atoms with Gasteiger partial charge in [-0.3, -0.25) is 4.79 Å². The molecule has 3 nitrogen and oxygen atoms in total. The van der Waals surface area contributed by atoms with Crippen molar-refractivity contribution < 1.29 is 4.79 Å². The number of likely N-dealkylation sites (tertiary alicyclic amines) is 1. The molecule has 0 aliphatic carbocycles. The molecule has 2 atom stereocenters. The van der Waals surface area contributed by atoms with E-state index in [-0.39, 0.29) is 30.3 Å². The number of nitrogens with zero attached hydrogens (tertiary/aromatic N) is 1. The third kappa shape index (κ3) is 5.58. The molecule has 1 fully saturated rings. The van der Waals surface area contributed by atoms with E-state index in [4.69, 9.17) is 5.73 Å². The average Bonchev–Trinajstić information content (AvgIpc) is 2.63. The molecule has 2 aromatic rings. The number of halogens is 1. The molecule has 1 aliphatic heterocycles. The third-order valence-electron chi connectivity index (χ3n) is 4.83. The van der Waals surface area contributed by atoms with Gasteiger partial charge >= 0.3 is 0 Å². The predicted molar refractivity (Wildman–Crippen MR) is 105 cm³/mol. The normalized spacial score (nSPS) is 18.3. The van der Waals surface area contributed by atoms with Gasteiger partial charge in [0.05, 0.1) is 0 Å². The molecule has 2 aromatic carbocycles. The molecule has 2 N–H and O–H groups in total. The first-order valence-corrected chi connectivity index (χ1v) is 8.84. The van der Waals surface area contributed by atoms with E-state index in [1.807, 2.05) is 17.0 Å². The number of rotatable bonds is 5. The van der Waals surface area contributed by atoms with Crippen LogP contribution in [0.5, 0.6) is 0 Å². The molecule has 134 valence electrons. The van der Waals surface area contributed by atoms with Gasteiger partial charge < -0.3 is 10.6 Å². The summed E-state index contributed by atoms with van der Waals surface area (Å²) in [5, 5.41) is 0. The average molecular weight is 359 g/mol. The number of hydrogen-bond donors (Lipinski definition) is 1. The number of nitrogens with two attached hydrogens (primary N) is 1.